The average molecular weight is 326 g/mol. The van der Waals surface area contributed by atoms with E-state index in [1.807, 2.05) is 23.1 Å². The summed E-state index contributed by atoms with van der Waals surface area (Å²) in [6.07, 6.45) is 3.61. The van der Waals surface area contributed by atoms with Crippen LogP contribution in [0.1, 0.15) is 16.7 Å². The fraction of sp³-hybridized carbons (Fsp3) is 0.316. The molecule has 3 rings (SSSR count). The monoisotopic (exact) mass is 326 g/mol. The highest BCUT2D eigenvalue weighted by atomic mass is 32.1. The summed E-state index contributed by atoms with van der Waals surface area (Å²) in [6, 6.07) is 10.4. The molecular weight excluding hydrogens is 304 g/mol. The summed E-state index contributed by atoms with van der Waals surface area (Å²) >= 11 is 1.74. The zero-order valence-electron chi connectivity index (χ0n) is 13.4. The van der Waals surface area contributed by atoms with Crippen LogP contribution in [0.25, 0.3) is 6.08 Å². The molecule has 0 unspecified atom stereocenters. The van der Waals surface area contributed by atoms with Crippen molar-refractivity contribution < 1.29 is 4.79 Å². The molecule has 0 aliphatic carbocycles. The van der Waals surface area contributed by atoms with Crippen LogP contribution in [-0.2, 0) is 11.3 Å². The summed E-state index contributed by atoms with van der Waals surface area (Å²) in [6.45, 7) is 6.55. The van der Waals surface area contributed by atoms with E-state index in [4.69, 9.17) is 0 Å². The first-order valence-corrected chi connectivity index (χ1v) is 8.92. The Labute approximate surface area is 141 Å². The molecule has 1 amide bonds. The van der Waals surface area contributed by atoms with Crippen molar-refractivity contribution in [1.29, 1.82) is 0 Å². The Morgan fingerprint density at radius 1 is 1.22 bits per heavy atom. The van der Waals surface area contributed by atoms with Gasteiger partial charge in [-0.05, 0) is 41.0 Å². The molecule has 1 aliphatic heterocycles. The second-order valence-corrected chi connectivity index (χ2v) is 6.76. The van der Waals surface area contributed by atoms with Gasteiger partial charge in [0.1, 0.15) is 0 Å². The second kappa shape index (κ2) is 7.57. The summed E-state index contributed by atoms with van der Waals surface area (Å²) in [4.78, 5) is 16.7. The van der Waals surface area contributed by atoms with Crippen LogP contribution in [0.4, 0.5) is 0 Å². The third-order valence-corrected chi connectivity index (χ3v) is 4.86. The maximum Gasteiger partial charge on any atom is 0.246 e. The molecule has 2 heterocycles. The van der Waals surface area contributed by atoms with E-state index in [1.165, 1.54) is 11.1 Å². The Bertz CT molecular complexity index is 670. The van der Waals surface area contributed by atoms with Gasteiger partial charge in [0.15, 0.2) is 0 Å². The Hall–Kier alpha value is -1.91. The largest absolute Gasteiger partial charge is 0.337 e. The van der Waals surface area contributed by atoms with Crippen molar-refractivity contribution in [2.45, 2.75) is 13.5 Å². The first-order valence-electron chi connectivity index (χ1n) is 7.98. The van der Waals surface area contributed by atoms with Crippen LogP contribution in [0.3, 0.4) is 0 Å². The lowest BCUT2D eigenvalue weighted by Crippen LogP contribution is -2.47. The number of benzene rings is 1. The molecule has 120 valence electrons. The van der Waals surface area contributed by atoms with E-state index >= 15 is 0 Å². The smallest absolute Gasteiger partial charge is 0.246 e. The lowest BCUT2D eigenvalue weighted by Gasteiger charge is -2.34. The minimum atomic E-state index is 0.113. The van der Waals surface area contributed by atoms with Gasteiger partial charge in [0.2, 0.25) is 5.91 Å². The van der Waals surface area contributed by atoms with E-state index in [0.29, 0.717) is 0 Å². The number of piperazine rings is 1. The number of hydrogen-bond donors (Lipinski definition) is 0. The molecule has 1 aromatic heterocycles. The second-order valence-electron chi connectivity index (χ2n) is 5.98. The van der Waals surface area contributed by atoms with E-state index in [9.17, 15) is 4.79 Å². The van der Waals surface area contributed by atoms with E-state index in [0.717, 1.165) is 38.3 Å². The van der Waals surface area contributed by atoms with Gasteiger partial charge in [-0.25, -0.2) is 0 Å². The van der Waals surface area contributed by atoms with Crippen LogP contribution in [0.5, 0.6) is 0 Å². The zero-order valence-corrected chi connectivity index (χ0v) is 14.3. The number of carbonyl (C=O) groups excluding carboxylic acids is 1. The number of nitrogens with zero attached hydrogens (tertiary/aromatic N) is 2. The Balaban J connectivity index is 1.50. The molecule has 0 spiro atoms. The molecular formula is C19H22N2OS. The standard InChI is InChI=1S/C19H22N2OS/c1-16-3-2-4-17(13-16)5-6-19(22)21-10-8-20(9-11-21)14-18-7-12-23-15-18/h2-7,12-13,15H,8-11,14H2,1H3/b6-5+. The third kappa shape index (κ3) is 4.53. The van der Waals surface area contributed by atoms with E-state index in [1.54, 1.807) is 17.4 Å². The van der Waals surface area contributed by atoms with Crippen molar-refractivity contribution in [3.05, 3.63) is 63.9 Å². The average Bonchev–Trinajstić information content (AvgIpc) is 3.06. The van der Waals surface area contributed by atoms with Gasteiger partial charge in [-0.15, -0.1) is 0 Å². The molecule has 0 bridgehead atoms. The SMILES string of the molecule is Cc1cccc(/C=C/C(=O)N2CCN(Cc3ccsc3)CC2)c1. The molecule has 3 nitrogen and oxygen atoms in total. The van der Waals surface area contributed by atoms with Gasteiger partial charge in [-0.2, -0.15) is 11.3 Å². The van der Waals surface area contributed by atoms with Crippen LogP contribution in [0, 0.1) is 6.92 Å². The Kier molecular flexibility index (Phi) is 5.26. The fourth-order valence-corrected chi connectivity index (χ4v) is 3.47. The first-order chi connectivity index (χ1) is 11.2. The molecule has 1 fully saturated rings. The Morgan fingerprint density at radius 2 is 2.04 bits per heavy atom. The summed E-state index contributed by atoms with van der Waals surface area (Å²) in [5.41, 5.74) is 3.66. The fourth-order valence-electron chi connectivity index (χ4n) is 2.81. The van der Waals surface area contributed by atoms with Gasteiger partial charge in [0.25, 0.3) is 0 Å². The molecule has 1 saturated heterocycles. The Morgan fingerprint density at radius 3 is 2.74 bits per heavy atom. The molecule has 4 heteroatoms. The van der Waals surface area contributed by atoms with Crippen LogP contribution in [0.2, 0.25) is 0 Å². The molecule has 0 atom stereocenters. The number of hydrogen-bond acceptors (Lipinski definition) is 3. The molecule has 0 N–H and O–H groups in total. The van der Waals surface area contributed by atoms with E-state index in [2.05, 4.69) is 40.8 Å². The highest BCUT2D eigenvalue weighted by Gasteiger charge is 2.19. The lowest BCUT2D eigenvalue weighted by molar-refractivity contribution is -0.127. The lowest BCUT2D eigenvalue weighted by atomic mass is 10.1. The predicted octanol–water partition coefficient (Wildman–Crippen LogP) is 3.41. The minimum absolute atomic E-state index is 0.113. The highest BCUT2D eigenvalue weighted by Crippen LogP contribution is 2.12. The van der Waals surface area contributed by atoms with E-state index < -0.39 is 0 Å². The number of amides is 1. The zero-order chi connectivity index (χ0) is 16.1. The van der Waals surface area contributed by atoms with Crippen LogP contribution < -0.4 is 0 Å². The van der Waals surface area contributed by atoms with Gasteiger partial charge >= 0.3 is 0 Å². The minimum Gasteiger partial charge on any atom is -0.337 e. The highest BCUT2D eigenvalue weighted by molar-refractivity contribution is 7.07. The van der Waals surface area contributed by atoms with Crippen LogP contribution in [0.15, 0.2) is 47.2 Å². The van der Waals surface area contributed by atoms with Crippen LogP contribution in [-0.4, -0.2) is 41.9 Å². The van der Waals surface area contributed by atoms with Crippen molar-refractivity contribution >= 4 is 23.3 Å². The molecule has 0 saturated carbocycles. The molecule has 0 radical (unpaired) electrons. The van der Waals surface area contributed by atoms with Crippen molar-refractivity contribution in [3.8, 4) is 0 Å². The summed E-state index contributed by atoms with van der Waals surface area (Å²) in [5.74, 6) is 0.113. The maximum atomic E-state index is 12.3. The molecule has 1 aliphatic rings. The van der Waals surface area contributed by atoms with E-state index in [-0.39, 0.29) is 5.91 Å². The van der Waals surface area contributed by atoms with Gasteiger partial charge in [-0.3, -0.25) is 9.69 Å². The third-order valence-electron chi connectivity index (χ3n) is 4.13. The normalized spacial score (nSPS) is 16.1. The summed E-state index contributed by atoms with van der Waals surface area (Å²) in [5, 5.41) is 4.31. The quantitative estimate of drug-likeness (QED) is 0.804. The van der Waals surface area contributed by atoms with Gasteiger partial charge in [0.05, 0.1) is 0 Å². The summed E-state index contributed by atoms with van der Waals surface area (Å²) < 4.78 is 0. The molecule has 23 heavy (non-hydrogen) atoms. The number of thiophene rings is 1. The number of aryl methyl sites for hydroxylation is 1. The van der Waals surface area contributed by atoms with Gasteiger partial charge in [0, 0.05) is 38.8 Å². The number of carbonyl (C=O) groups is 1. The van der Waals surface area contributed by atoms with Gasteiger partial charge < -0.3 is 4.90 Å². The van der Waals surface area contributed by atoms with Crippen molar-refractivity contribution in [1.82, 2.24) is 9.80 Å². The van der Waals surface area contributed by atoms with Crippen molar-refractivity contribution in [2.75, 3.05) is 26.2 Å². The van der Waals surface area contributed by atoms with Crippen molar-refractivity contribution in [3.63, 3.8) is 0 Å². The van der Waals surface area contributed by atoms with Crippen LogP contribution >= 0.6 is 11.3 Å². The summed E-state index contributed by atoms with van der Waals surface area (Å²) in [7, 11) is 0. The van der Waals surface area contributed by atoms with Gasteiger partial charge in [-0.1, -0.05) is 29.8 Å². The predicted molar refractivity (Wildman–Crippen MR) is 96.4 cm³/mol. The van der Waals surface area contributed by atoms with Crippen molar-refractivity contribution in [2.24, 2.45) is 0 Å². The topological polar surface area (TPSA) is 23.6 Å². The number of rotatable bonds is 4. The molecule has 2 aromatic rings. The maximum absolute atomic E-state index is 12.3. The molecule has 1 aromatic carbocycles. The first kappa shape index (κ1) is 16.0.